The number of aromatic nitrogens is 1. The Morgan fingerprint density at radius 1 is 1.26 bits per heavy atom. The number of rotatable bonds is 8. The summed E-state index contributed by atoms with van der Waals surface area (Å²) in [7, 11) is 3.86. The number of Topliss-reactive ketones (excluding diaryl/α,β-unsaturated/α-hetero) is 1. The number of esters is 1. The van der Waals surface area contributed by atoms with E-state index in [9.17, 15) is 19.5 Å². The Morgan fingerprint density at radius 2 is 1.97 bits per heavy atom. The first-order valence-corrected chi connectivity index (χ1v) is 11.5. The second kappa shape index (κ2) is 10.4. The minimum absolute atomic E-state index is 0.0299. The molecule has 9 heteroatoms. The van der Waals surface area contributed by atoms with E-state index >= 15 is 0 Å². The maximum Gasteiger partial charge on any atom is 0.355 e. The van der Waals surface area contributed by atoms with Gasteiger partial charge in [-0.15, -0.1) is 0 Å². The molecule has 1 aromatic carbocycles. The van der Waals surface area contributed by atoms with E-state index in [1.165, 1.54) is 4.90 Å². The molecule has 182 valence electrons. The monoisotopic (exact) mass is 487 g/mol. The number of ketones is 1. The fourth-order valence-electron chi connectivity index (χ4n) is 4.34. The zero-order valence-corrected chi connectivity index (χ0v) is 20.8. The number of aryl methyl sites for hydroxylation is 1. The van der Waals surface area contributed by atoms with Crippen molar-refractivity contribution in [1.82, 2.24) is 14.8 Å². The van der Waals surface area contributed by atoms with Gasteiger partial charge in [-0.25, -0.2) is 4.79 Å². The SMILES string of the molecule is CCOC(=O)c1[nH]c(C)c(/C(O)=C2\C(=O)C(=O)N(CCCN(C)C)[C@H]2c2cccc(Cl)c2)c1C. The van der Waals surface area contributed by atoms with E-state index in [0.717, 1.165) is 6.54 Å². The van der Waals surface area contributed by atoms with E-state index in [1.54, 1.807) is 45.0 Å². The third-order valence-corrected chi connectivity index (χ3v) is 6.10. The van der Waals surface area contributed by atoms with E-state index in [1.807, 2.05) is 19.0 Å². The number of aliphatic hydroxyl groups is 1. The predicted molar refractivity (Wildman–Crippen MR) is 130 cm³/mol. The van der Waals surface area contributed by atoms with Gasteiger partial charge in [0.2, 0.25) is 0 Å². The van der Waals surface area contributed by atoms with Gasteiger partial charge in [-0.1, -0.05) is 23.7 Å². The Hall–Kier alpha value is -3.10. The standard InChI is InChI=1S/C25H30ClN3O5/c1-6-34-25(33)20-14(2)18(15(3)27-20)22(30)19-21(16-9-7-10-17(26)13-16)29(24(32)23(19)31)12-8-11-28(4)5/h7,9-10,13,21,27,30H,6,8,11-12H2,1-5H3/b22-19+/t21-/m0/s1. The zero-order chi connectivity index (χ0) is 25.2. The van der Waals surface area contributed by atoms with Crippen LogP contribution in [-0.4, -0.2) is 71.3 Å². The number of halogens is 1. The molecule has 0 spiro atoms. The van der Waals surface area contributed by atoms with E-state index in [0.29, 0.717) is 40.4 Å². The van der Waals surface area contributed by atoms with Gasteiger partial charge < -0.3 is 24.6 Å². The lowest BCUT2D eigenvalue weighted by atomic mass is 9.94. The molecule has 8 nitrogen and oxygen atoms in total. The summed E-state index contributed by atoms with van der Waals surface area (Å²) in [5.41, 5.74) is 2.02. The minimum Gasteiger partial charge on any atom is -0.507 e. The molecular weight excluding hydrogens is 458 g/mol. The molecule has 34 heavy (non-hydrogen) atoms. The molecule has 2 heterocycles. The van der Waals surface area contributed by atoms with Gasteiger partial charge in [-0.3, -0.25) is 9.59 Å². The number of benzene rings is 1. The van der Waals surface area contributed by atoms with E-state index in [4.69, 9.17) is 16.3 Å². The lowest BCUT2D eigenvalue weighted by Crippen LogP contribution is -2.32. The van der Waals surface area contributed by atoms with Crippen molar-refractivity contribution >= 4 is 35.0 Å². The van der Waals surface area contributed by atoms with Crippen LogP contribution in [0.4, 0.5) is 0 Å². The van der Waals surface area contributed by atoms with Crippen molar-refractivity contribution in [3.63, 3.8) is 0 Å². The number of nitrogens with zero attached hydrogens (tertiary/aromatic N) is 2. The summed E-state index contributed by atoms with van der Waals surface area (Å²) >= 11 is 6.22. The van der Waals surface area contributed by atoms with Crippen LogP contribution in [0.3, 0.4) is 0 Å². The number of carbonyl (C=O) groups excluding carboxylic acids is 3. The topological polar surface area (TPSA) is 103 Å². The fourth-order valence-corrected chi connectivity index (χ4v) is 4.54. The van der Waals surface area contributed by atoms with Crippen LogP contribution in [0.25, 0.3) is 5.76 Å². The molecule has 1 saturated heterocycles. The molecule has 0 radical (unpaired) electrons. The summed E-state index contributed by atoms with van der Waals surface area (Å²) in [6.45, 7) is 6.30. The highest BCUT2D eigenvalue weighted by Gasteiger charge is 2.46. The number of carbonyl (C=O) groups is 3. The van der Waals surface area contributed by atoms with Crippen molar-refractivity contribution < 1.29 is 24.2 Å². The molecule has 0 bridgehead atoms. The van der Waals surface area contributed by atoms with E-state index in [-0.39, 0.29) is 23.6 Å². The van der Waals surface area contributed by atoms with Crippen molar-refractivity contribution in [2.45, 2.75) is 33.2 Å². The Labute approximate surface area is 204 Å². The lowest BCUT2D eigenvalue weighted by Gasteiger charge is -2.26. The van der Waals surface area contributed by atoms with Gasteiger partial charge in [-0.05, 0) is 71.1 Å². The number of nitrogens with one attached hydrogen (secondary N) is 1. The number of ether oxygens (including phenoxy) is 1. The maximum atomic E-state index is 13.2. The van der Waals surface area contributed by atoms with Crippen LogP contribution in [0.2, 0.25) is 5.02 Å². The Morgan fingerprint density at radius 3 is 2.59 bits per heavy atom. The summed E-state index contributed by atoms with van der Waals surface area (Å²) in [5, 5.41) is 11.8. The molecule has 0 saturated carbocycles. The normalized spacial score (nSPS) is 17.6. The first-order chi connectivity index (χ1) is 16.1. The molecule has 1 atom stereocenters. The predicted octanol–water partition coefficient (Wildman–Crippen LogP) is 3.84. The molecule has 1 fully saturated rings. The van der Waals surface area contributed by atoms with Gasteiger partial charge in [0.15, 0.2) is 0 Å². The van der Waals surface area contributed by atoms with Crippen molar-refractivity contribution in [3.05, 3.63) is 62.9 Å². The summed E-state index contributed by atoms with van der Waals surface area (Å²) < 4.78 is 5.09. The summed E-state index contributed by atoms with van der Waals surface area (Å²) in [6, 6.07) is 6.10. The Balaban J connectivity index is 2.16. The number of likely N-dealkylation sites (tertiary alicyclic amines) is 1. The van der Waals surface area contributed by atoms with Gasteiger partial charge in [0.05, 0.1) is 18.2 Å². The average Bonchev–Trinajstić information content (AvgIpc) is 3.21. The number of aromatic amines is 1. The number of amides is 1. The smallest absolute Gasteiger partial charge is 0.355 e. The van der Waals surface area contributed by atoms with Crippen LogP contribution in [0.5, 0.6) is 0 Å². The van der Waals surface area contributed by atoms with Crippen LogP contribution < -0.4 is 0 Å². The first-order valence-electron chi connectivity index (χ1n) is 11.1. The zero-order valence-electron chi connectivity index (χ0n) is 20.1. The highest BCUT2D eigenvalue weighted by Crippen LogP contribution is 2.41. The Kier molecular flexibility index (Phi) is 7.84. The summed E-state index contributed by atoms with van der Waals surface area (Å²) in [5.74, 6) is -2.34. The number of aliphatic hydroxyl groups excluding tert-OH is 1. The first kappa shape index (κ1) is 25.5. The van der Waals surface area contributed by atoms with Crippen molar-refractivity contribution in [1.29, 1.82) is 0 Å². The molecule has 1 aliphatic heterocycles. The number of hydrogen-bond donors (Lipinski definition) is 2. The van der Waals surface area contributed by atoms with Crippen molar-refractivity contribution in [3.8, 4) is 0 Å². The quantitative estimate of drug-likeness (QED) is 0.254. The lowest BCUT2D eigenvalue weighted by molar-refractivity contribution is -0.139. The van der Waals surface area contributed by atoms with E-state index < -0.39 is 23.7 Å². The minimum atomic E-state index is -0.805. The van der Waals surface area contributed by atoms with Gasteiger partial charge in [0.25, 0.3) is 11.7 Å². The largest absolute Gasteiger partial charge is 0.507 e. The average molecular weight is 488 g/mol. The van der Waals surface area contributed by atoms with Crippen LogP contribution in [0.1, 0.15) is 52.3 Å². The van der Waals surface area contributed by atoms with Crippen molar-refractivity contribution in [2.24, 2.45) is 0 Å². The van der Waals surface area contributed by atoms with Gasteiger partial charge >= 0.3 is 5.97 Å². The second-order valence-electron chi connectivity index (χ2n) is 8.55. The molecule has 1 aromatic heterocycles. The molecule has 0 aliphatic carbocycles. The van der Waals surface area contributed by atoms with Crippen LogP contribution in [0.15, 0.2) is 29.8 Å². The molecule has 2 aromatic rings. The summed E-state index contributed by atoms with van der Waals surface area (Å²) in [4.78, 5) is 45.0. The number of hydrogen-bond acceptors (Lipinski definition) is 6. The van der Waals surface area contributed by atoms with E-state index in [2.05, 4.69) is 4.98 Å². The molecular formula is C25H30ClN3O5. The summed E-state index contributed by atoms with van der Waals surface area (Å²) in [6.07, 6.45) is 0.645. The third kappa shape index (κ3) is 4.88. The number of H-pyrrole nitrogens is 1. The second-order valence-corrected chi connectivity index (χ2v) is 8.99. The molecule has 0 unspecified atom stereocenters. The molecule has 3 rings (SSSR count). The van der Waals surface area contributed by atoms with Gasteiger partial charge in [0, 0.05) is 22.8 Å². The fraction of sp³-hybridized carbons (Fsp3) is 0.400. The van der Waals surface area contributed by atoms with Crippen molar-refractivity contribution in [2.75, 3.05) is 33.8 Å². The van der Waals surface area contributed by atoms with Crippen LogP contribution in [0, 0.1) is 13.8 Å². The third-order valence-electron chi connectivity index (χ3n) is 5.86. The molecule has 2 N–H and O–H groups in total. The molecule has 1 amide bonds. The van der Waals surface area contributed by atoms with Crippen LogP contribution in [-0.2, 0) is 14.3 Å². The van der Waals surface area contributed by atoms with Crippen LogP contribution >= 0.6 is 11.6 Å². The van der Waals surface area contributed by atoms with Gasteiger partial charge in [0.1, 0.15) is 11.5 Å². The Bertz CT molecular complexity index is 1150. The van der Waals surface area contributed by atoms with Gasteiger partial charge in [-0.2, -0.15) is 0 Å². The maximum absolute atomic E-state index is 13.2. The highest BCUT2D eigenvalue weighted by atomic mass is 35.5. The highest BCUT2D eigenvalue weighted by molar-refractivity contribution is 6.46. The molecule has 1 aliphatic rings.